The number of amides is 1. The van der Waals surface area contributed by atoms with E-state index in [-0.39, 0.29) is 10.8 Å². The van der Waals surface area contributed by atoms with Gasteiger partial charge in [0.15, 0.2) is 0 Å². The minimum atomic E-state index is -3.78. The summed E-state index contributed by atoms with van der Waals surface area (Å²) in [6.45, 7) is 1.93. The van der Waals surface area contributed by atoms with Crippen molar-refractivity contribution >= 4 is 38.6 Å². The molecule has 0 bridgehead atoms. The Morgan fingerprint density at radius 3 is 2.46 bits per heavy atom. The van der Waals surface area contributed by atoms with Crippen LogP contribution in [0.4, 0.5) is 11.4 Å². The first-order valence-corrected chi connectivity index (χ1v) is 10.7. The highest BCUT2D eigenvalue weighted by Gasteiger charge is 2.24. The maximum Gasteiger partial charge on any atom is 0.265 e. The number of carbonyl (C=O) groups is 1. The highest BCUT2D eigenvalue weighted by Crippen LogP contribution is 2.27. The molecule has 1 aromatic heterocycles. The molecule has 0 aliphatic rings. The van der Waals surface area contributed by atoms with Crippen molar-refractivity contribution in [3.05, 3.63) is 70.4 Å². The van der Waals surface area contributed by atoms with Crippen LogP contribution in [0.2, 0.25) is 0 Å². The molecule has 1 N–H and O–H groups in total. The molecule has 0 saturated carbocycles. The molecule has 0 saturated heterocycles. The number of aryl methyl sites for hydroxylation is 1. The summed E-state index contributed by atoms with van der Waals surface area (Å²) >= 11 is 1.09. The first-order valence-electron chi connectivity index (χ1n) is 8.41. The zero-order chi connectivity index (χ0) is 20.3. The molecular weight excluding hydrogens is 396 g/mol. The van der Waals surface area contributed by atoms with Crippen LogP contribution in [-0.4, -0.2) is 28.5 Å². The van der Waals surface area contributed by atoms with Gasteiger partial charge in [0.25, 0.3) is 15.9 Å². The molecule has 8 heteroatoms. The van der Waals surface area contributed by atoms with Gasteiger partial charge in [0.2, 0.25) is 0 Å². The van der Waals surface area contributed by atoms with Crippen LogP contribution < -0.4 is 14.4 Å². The third kappa shape index (κ3) is 4.18. The number of hydrogen-bond donors (Lipinski definition) is 1. The Bertz CT molecular complexity index is 1090. The van der Waals surface area contributed by atoms with Crippen molar-refractivity contribution in [3.8, 4) is 5.75 Å². The number of thiophene rings is 1. The van der Waals surface area contributed by atoms with Gasteiger partial charge >= 0.3 is 0 Å². The van der Waals surface area contributed by atoms with Crippen molar-refractivity contribution < 1.29 is 17.9 Å². The lowest BCUT2D eigenvalue weighted by atomic mass is 10.2. The Hall–Kier alpha value is -2.84. The monoisotopic (exact) mass is 416 g/mol. The molecule has 6 nitrogen and oxygen atoms in total. The number of ether oxygens (including phenoxy) is 1. The predicted octanol–water partition coefficient (Wildman–Crippen LogP) is 4.14. The summed E-state index contributed by atoms with van der Waals surface area (Å²) in [6, 6.07) is 15.5. The molecular formula is C20H20N2O4S2. The third-order valence-electron chi connectivity index (χ3n) is 4.17. The van der Waals surface area contributed by atoms with Gasteiger partial charge < -0.3 is 10.1 Å². The molecule has 0 atom stereocenters. The van der Waals surface area contributed by atoms with Crippen LogP contribution in [0.25, 0.3) is 0 Å². The van der Waals surface area contributed by atoms with Crippen LogP contribution in [0.15, 0.2) is 64.9 Å². The van der Waals surface area contributed by atoms with E-state index in [2.05, 4.69) is 5.32 Å². The maximum atomic E-state index is 12.9. The van der Waals surface area contributed by atoms with Crippen molar-refractivity contribution in [2.24, 2.45) is 0 Å². The van der Waals surface area contributed by atoms with Crippen LogP contribution in [0.5, 0.6) is 5.75 Å². The molecule has 0 aliphatic heterocycles. The number of anilines is 2. The van der Waals surface area contributed by atoms with Crippen molar-refractivity contribution in [2.45, 2.75) is 11.8 Å². The van der Waals surface area contributed by atoms with Crippen LogP contribution >= 0.6 is 11.3 Å². The lowest BCUT2D eigenvalue weighted by Gasteiger charge is -2.18. The molecule has 0 spiro atoms. The van der Waals surface area contributed by atoms with Gasteiger partial charge in [-0.2, -0.15) is 0 Å². The standard InChI is InChI=1S/C20H20N2O4S2/c1-14-5-4-6-15(11-14)21-20(23)19-12-18(13-27-19)28(24,25)22(2)16-7-9-17(26-3)10-8-16/h4-13H,1-3H3,(H,21,23). The fourth-order valence-electron chi connectivity index (χ4n) is 2.58. The Balaban J connectivity index is 1.80. The number of methoxy groups -OCH3 is 1. The Morgan fingerprint density at radius 2 is 1.82 bits per heavy atom. The highest BCUT2D eigenvalue weighted by atomic mass is 32.2. The Morgan fingerprint density at radius 1 is 1.11 bits per heavy atom. The molecule has 0 fully saturated rings. The number of carbonyl (C=O) groups excluding carboxylic acids is 1. The number of hydrogen-bond acceptors (Lipinski definition) is 5. The summed E-state index contributed by atoms with van der Waals surface area (Å²) in [5.74, 6) is 0.296. The van der Waals surface area contributed by atoms with Gasteiger partial charge in [-0.05, 0) is 55.0 Å². The number of rotatable bonds is 6. The quantitative estimate of drug-likeness (QED) is 0.655. The SMILES string of the molecule is COc1ccc(N(C)S(=O)(=O)c2csc(C(=O)Nc3cccc(C)c3)c2)cc1. The molecule has 2 aromatic carbocycles. The zero-order valence-electron chi connectivity index (χ0n) is 15.7. The number of benzene rings is 2. The molecule has 1 heterocycles. The molecule has 0 radical (unpaired) electrons. The van der Waals surface area contributed by atoms with E-state index in [1.54, 1.807) is 37.4 Å². The normalized spacial score (nSPS) is 11.1. The van der Waals surface area contributed by atoms with Gasteiger partial charge in [-0.15, -0.1) is 11.3 Å². The van der Waals surface area contributed by atoms with Gasteiger partial charge in [-0.1, -0.05) is 12.1 Å². The van der Waals surface area contributed by atoms with E-state index in [0.29, 0.717) is 22.0 Å². The van der Waals surface area contributed by atoms with E-state index in [1.165, 1.54) is 22.8 Å². The lowest BCUT2D eigenvalue weighted by Crippen LogP contribution is -2.26. The fourth-order valence-corrected chi connectivity index (χ4v) is 4.93. The van der Waals surface area contributed by atoms with Gasteiger partial charge in [0.05, 0.1) is 22.6 Å². The summed E-state index contributed by atoms with van der Waals surface area (Å²) in [7, 11) is -0.762. The smallest absolute Gasteiger partial charge is 0.265 e. The van der Waals surface area contributed by atoms with Crippen LogP contribution in [-0.2, 0) is 10.0 Å². The molecule has 3 aromatic rings. The molecule has 28 heavy (non-hydrogen) atoms. The fraction of sp³-hybridized carbons (Fsp3) is 0.150. The van der Waals surface area contributed by atoms with Crippen molar-refractivity contribution in [3.63, 3.8) is 0 Å². The Kier molecular flexibility index (Phi) is 5.71. The first kappa shape index (κ1) is 19.9. The minimum Gasteiger partial charge on any atom is -0.497 e. The first-order chi connectivity index (χ1) is 13.3. The summed E-state index contributed by atoms with van der Waals surface area (Å²) < 4.78 is 32.1. The van der Waals surface area contributed by atoms with Gasteiger partial charge in [0.1, 0.15) is 5.75 Å². The maximum absolute atomic E-state index is 12.9. The van der Waals surface area contributed by atoms with E-state index >= 15 is 0 Å². The zero-order valence-corrected chi connectivity index (χ0v) is 17.3. The van der Waals surface area contributed by atoms with Crippen LogP contribution in [0.1, 0.15) is 15.2 Å². The molecule has 146 valence electrons. The second kappa shape index (κ2) is 8.04. The molecule has 3 rings (SSSR count). The van der Waals surface area contributed by atoms with Crippen LogP contribution in [0.3, 0.4) is 0 Å². The second-order valence-corrected chi connectivity index (χ2v) is 9.02. The van der Waals surface area contributed by atoms with Crippen molar-refractivity contribution in [2.75, 3.05) is 23.8 Å². The predicted molar refractivity (Wildman–Crippen MR) is 112 cm³/mol. The number of sulfonamides is 1. The van der Waals surface area contributed by atoms with E-state index in [0.717, 1.165) is 16.9 Å². The largest absolute Gasteiger partial charge is 0.497 e. The molecule has 0 unspecified atom stereocenters. The average molecular weight is 417 g/mol. The van der Waals surface area contributed by atoms with E-state index < -0.39 is 10.0 Å². The average Bonchev–Trinajstić information content (AvgIpc) is 3.19. The van der Waals surface area contributed by atoms with Crippen molar-refractivity contribution in [1.82, 2.24) is 0 Å². The van der Waals surface area contributed by atoms with Crippen LogP contribution in [0, 0.1) is 6.92 Å². The highest BCUT2D eigenvalue weighted by molar-refractivity contribution is 7.93. The summed E-state index contributed by atoms with van der Waals surface area (Å²) in [5, 5.41) is 4.26. The topological polar surface area (TPSA) is 75.7 Å². The van der Waals surface area contributed by atoms with Gasteiger partial charge in [-0.3, -0.25) is 9.10 Å². The van der Waals surface area contributed by atoms with E-state index in [4.69, 9.17) is 4.74 Å². The molecule has 1 amide bonds. The molecule has 0 aliphatic carbocycles. The number of nitrogens with one attached hydrogen (secondary N) is 1. The Labute approximate surface area is 168 Å². The third-order valence-corrected chi connectivity index (χ3v) is 7.01. The van der Waals surface area contributed by atoms with Gasteiger partial charge in [-0.25, -0.2) is 8.42 Å². The van der Waals surface area contributed by atoms with E-state index in [9.17, 15) is 13.2 Å². The lowest BCUT2D eigenvalue weighted by molar-refractivity contribution is 0.103. The summed E-state index contributed by atoms with van der Waals surface area (Å²) in [6.07, 6.45) is 0. The summed E-state index contributed by atoms with van der Waals surface area (Å²) in [4.78, 5) is 12.8. The number of nitrogens with zero attached hydrogens (tertiary/aromatic N) is 1. The van der Waals surface area contributed by atoms with E-state index in [1.807, 2.05) is 25.1 Å². The van der Waals surface area contributed by atoms with Crippen molar-refractivity contribution in [1.29, 1.82) is 0 Å². The summed E-state index contributed by atoms with van der Waals surface area (Å²) in [5.41, 5.74) is 2.18. The minimum absolute atomic E-state index is 0.0743. The second-order valence-electron chi connectivity index (χ2n) is 6.14. The van der Waals surface area contributed by atoms with Gasteiger partial charge in [0, 0.05) is 18.1 Å².